The van der Waals surface area contributed by atoms with Gasteiger partial charge in [0.1, 0.15) is 11.3 Å². The maximum Gasteiger partial charge on any atom is 0.295 e. The predicted molar refractivity (Wildman–Crippen MR) is 127 cm³/mol. The third-order valence-electron chi connectivity index (χ3n) is 6.16. The molecule has 9 heteroatoms. The van der Waals surface area contributed by atoms with Gasteiger partial charge in [-0.25, -0.2) is 4.98 Å². The fourth-order valence-electron chi connectivity index (χ4n) is 4.30. The number of nitrogens with zero attached hydrogens (tertiary/aromatic N) is 4. The van der Waals surface area contributed by atoms with Gasteiger partial charge >= 0.3 is 0 Å². The third-order valence-corrected chi connectivity index (χ3v) is 6.16. The van der Waals surface area contributed by atoms with Gasteiger partial charge < -0.3 is 29.2 Å². The van der Waals surface area contributed by atoms with Crippen LogP contribution < -0.4 is 4.74 Å². The lowest BCUT2D eigenvalue weighted by atomic mass is 9.96. The number of aryl methyl sites for hydroxylation is 2. The molecule has 0 spiro atoms. The molecule has 1 saturated heterocycles. The molecule has 1 aromatic carbocycles. The Hall–Kier alpha value is -3.85. The number of benzene rings is 1. The number of carbonyl (C=O) groups excluding carboxylic acids is 2. The maximum atomic E-state index is 13.2. The number of fused-ring (bicyclic) bond motifs is 1. The van der Waals surface area contributed by atoms with Gasteiger partial charge in [0.25, 0.3) is 11.7 Å². The predicted octanol–water partition coefficient (Wildman–Crippen LogP) is 2.65. The maximum absolute atomic E-state index is 13.2. The fourth-order valence-corrected chi connectivity index (χ4v) is 4.30. The summed E-state index contributed by atoms with van der Waals surface area (Å²) in [6.07, 6.45) is 1.83. The van der Waals surface area contributed by atoms with Crippen LogP contribution in [0, 0.1) is 13.8 Å². The number of aliphatic hydroxyl groups is 1. The molecule has 178 valence electrons. The zero-order valence-electron chi connectivity index (χ0n) is 19.9. The van der Waals surface area contributed by atoms with Crippen molar-refractivity contribution in [1.29, 1.82) is 0 Å². The number of aromatic hydroxyl groups is 1. The van der Waals surface area contributed by atoms with Crippen molar-refractivity contribution in [3.63, 3.8) is 0 Å². The van der Waals surface area contributed by atoms with Crippen LogP contribution in [0.2, 0.25) is 0 Å². The average Bonchev–Trinajstić information content (AvgIpc) is 3.27. The summed E-state index contributed by atoms with van der Waals surface area (Å²) in [5.41, 5.74) is 2.96. The highest BCUT2D eigenvalue weighted by molar-refractivity contribution is 6.46. The highest BCUT2D eigenvalue weighted by atomic mass is 16.5. The standard InChI is InChI=1S/C25H28N4O5/c1-14-7-6-10-28-15(2)20(26-24(14)28)22(31)19-21(16-8-9-17(30)18(13-16)34-5)29(12-11-27(3)4)25(33)23(19)32/h6-10,13,21,30-31H,11-12H2,1-5H3/b22-19+. The Morgan fingerprint density at radius 3 is 2.59 bits per heavy atom. The van der Waals surface area contributed by atoms with Gasteiger partial charge in [-0.3, -0.25) is 9.59 Å². The number of ketones is 1. The largest absolute Gasteiger partial charge is 0.505 e. The molecule has 2 aromatic heterocycles. The molecule has 0 aliphatic carbocycles. The highest BCUT2D eigenvalue weighted by Crippen LogP contribution is 2.42. The number of aliphatic hydroxyl groups excluding tert-OH is 1. The first-order chi connectivity index (χ1) is 16.1. The number of Topliss-reactive ketones (excluding diaryl/α,β-unsaturated/α-hetero) is 1. The molecule has 1 aliphatic rings. The van der Waals surface area contributed by atoms with Crippen molar-refractivity contribution in [3.05, 3.63) is 64.6 Å². The lowest BCUT2D eigenvalue weighted by molar-refractivity contribution is -0.140. The number of aromatic nitrogens is 2. The Kier molecular flexibility index (Phi) is 6.05. The van der Waals surface area contributed by atoms with Gasteiger partial charge in [0.2, 0.25) is 0 Å². The zero-order chi connectivity index (χ0) is 24.7. The lowest BCUT2D eigenvalue weighted by Gasteiger charge is -2.26. The molecule has 0 saturated carbocycles. The van der Waals surface area contributed by atoms with Crippen molar-refractivity contribution in [2.75, 3.05) is 34.3 Å². The van der Waals surface area contributed by atoms with Gasteiger partial charge in [0.15, 0.2) is 17.3 Å². The van der Waals surface area contributed by atoms with E-state index < -0.39 is 17.7 Å². The molecule has 9 nitrogen and oxygen atoms in total. The summed E-state index contributed by atoms with van der Waals surface area (Å²) in [6.45, 7) is 4.50. The first kappa shape index (κ1) is 23.3. The van der Waals surface area contributed by atoms with E-state index >= 15 is 0 Å². The van der Waals surface area contributed by atoms with Gasteiger partial charge in [-0.15, -0.1) is 0 Å². The smallest absolute Gasteiger partial charge is 0.295 e. The molecule has 2 N–H and O–H groups in total. The van der Waals surface area contributed by atoms with Crippen LogP contribution in [-0.4, -0.2) is 75.4 Å². The second-order valence-electron chi connectivity index (χ2n) is 8.66. The molecule has 1 atom stereocenters. The minimum absolute atomic E-state index is 0.0411. The molecule has 1 aliphatic heterocycles. The van der Waals surface area contributed by atoms with E-state index in [1.54, 1.807) is 19.1 Å². The van der Waals surface area contributed by atoms with Crippen LogP contribution in [0.4, 0.5) is 0 Å². The monoisotopic (exact) mass is 464 g/mol. The van der Waals surface area contributed by atoms with E-state index in [1.807, 2.05) is 48.6 Å². The Bertz CT molecular complexity index is 1320. The molecular formula is C25H28N4O5. The van der Waals surface area contributed by atoms with Crippen molar-refractivity contribution < 1.29 is 24.5 Å². The first-order valence-electron chi connectivity index (χ1n) is 10.9. The number of hydrogen-bond acceptors (Lipinski definition) is 7. The summed E-state index contributed by atoms with van der Waals surface area (Å²) in [7, 11) is 5.17. The van der Waals surface area contributed by atoms with E-state index in [9.17, 15) is 19.8 Å². The number of phenols is 1. The minimum Gasteiger partial charge on any atom is -0.505 e. The van der Waals surface area contributed by atoms with Crippen LogP contribution in [0.1, 0.15) is 28.6 Å². The zero-order valence-corrected chi connectivity index (χ0v) is 19.9. The molecule has 1 unspecified atom stereocenters. The summed E-state index contributed by atoms with van der Waals surface area (Å²) >= 11 is 0. The number of ether oxygens (including phenoxy) is 1. The fraction of sp³-hybridized carbons (Fsp3) is 0.320. The lowest BCUT2D eigenvalue weighted by Crippen LogP contribution is -2.35. The molecule has 4 rings (SSSR count). The van der Waals surface area contributed by atoms with Crippen molar-refractivity contribution >= 4 is 23.1 Å². The molecule has 3 aromatic rings. The number of hydrogen-bond donors (Lipinski definition) is 2. The number of pyridine rings is 1. The number of likely N-dealkylation sites (tertiary alicyclic amines) is 1. The minimum atomic E-state index is -0.861. The number of carbonyl (C=O) groups is 2. The van der Waals surface area contributed by atoms with E-state index in [0.717, 1.165) is 5.56 Å². The van der Waals surface area contributed by atoms with Crippen LogP contribution in [-0.2, 0) is 9.59 Å². The molecule has 0 bridgehead atoms. The van der Waals surface area contributed by atoms with Crippen LogP contribution in [0.3, 0.4) is 0 Å². The van der Waals surface area contributed by atoms with Gasteiger partial charge in [0.05, 0.1) is 24.4 Å². The van der Waals surface area contributed by atoms with E-state index in [4.69, 9.17) is 4.74 Å². The molecule has 3 heterocycles. The summed E-state index contributed by atoms with van der Waals surface area (Å²) in [5.74, 6) is -1.67. The Morgan fingerprint density at radius 2 is 1.94 bits per heavy atom. The summed E-state index contributed by atoms with van der Waals surface area (Å²) < 4.78 is 7.08. The normalized spacial score (nSPS) is 17.8. The van der Waals surface area contributed by atoms with Gasteiger partial charge in [0, 0.05) is 19.3 Å². The van der Waals surface area contributed by atoms with Crippen LogP contribution >= 0.6 is 0 Å². The second kappa shape index (κ2) is 8.83. The van der Waals surface area contributed by atoms with Gasteiger partial charge in [-0.2, -0.15) is 0 Å². The number of rotatable bonds is 6. The average molecular weight is 465 g/mol. The Morgan fingerprint density at radius 1 is 1.21 bits per heavy atom. The quantitative estimate of drug-likeness (QED) is 0.328. The van der Waals surface area contributed by atoms with E-state index in [2.05, 4.69) is 4.98 Å². The summed E-state index contributed by atoms with van der Waals surface area (Å²) in [6, 6.07) is 7.56. The number of methoxy groups -OCH3 is 1. The van der Waals surface area contributed by atoms with Gasteiger partial charge in [-0.05, 0) is 57.3 Å². The Balaban J connectivity index is 1.94. The molecule has 34 heavy (non-hydrogen) atoms. The van der Waals surface area contributed by atoms with Crippen molar-refractivity contribution in [2.45, 2.75) is 19.9 Å². The molecule has 0 radical (unpaired) electrons. The number of likely N-dealkylation sites (N-methyl/N-ethyl adjacent to an activating group) is 1. The molecule has 1 amide bonds. The Labute approximate surface area is 197 Å². The van der Waals surface area contributed by atoms with E-state index in [1.165, 1.54) is 18.1 Å². The summed E-state index contributed by atoms with van der Waals surface area (Å²) in [4.78, 5) is 34.3. The highest BCUT2D eigenvalue weighted by Gasteiger charge is 2.46. The summed E-state index contributed by atoms with van der Waals surface area (Å²) in [5, 5.41) is 21.5. The topological polar surface area (TPSA) is 108 Å². The van der Waals surface area contributed by atoms with Crippen LogP contribution in [0.15, 0.2) is 42.1 Å². The van der Waals surface area contributed by atoms with E-state index in [-0.39, 0.29) is 35.1 Å². The second-order valence-corrected chi connectivity index (χ2v) is 8.66. The van der Waals surface area contributed by atoms with Crippen LogP contribution in [0.5, 0.6) is 11.5 Å². The number of phenolic OH excluding ortho intramolecular Hbond substituents is 1. The van der Waals surface area contributed by atoms with E-state index in [0.29, 0.717) is 23.4 Å². The number of amides is 1. The molecule has 1 fully saturated rings. The number of imidazole rings is 1. The SMILES string of the molecule is COc1cc(C2/C(=C(\O)c3nc4c(C)cccn4c3C)C(=O)C(=O)N2CCN(C)C)ccc1O. The van der Waals surface area contributed by atoms with Crippen molar-refractivity contribution in [3.8, 4) is 11.5 Å². The van der Waals surface area contributed by atoms with Gasteiger partial charge in [-0.1, -0.05) is 12.1 Å². The molecular weight excluding hydrogens is 436 g/mol. The third kappa shape index (κ3) is 3.77. The van der Waals surface area contributed by atoms with Crippen molar-refractivity contribution in [1.82, 2.24) is 19.2 Å². The first-order valence-corrected chi connectivity index (χ1v) is 10.9. The van der Waals surface area contributed by atoms with Crippen LogP contribution in [0.25, 0.3) is 11.4 Å². The van der Waals surface area contributed by atoms with Crippen molar-refractivity contribution in [2.24, 2.45) is 0 Å².